The number of carbonyl (C=O) groups is 1. The molecule has 0 unspecified atom stereocenters. The highest BCUT2D eigenvalue weighted by Gasteiger charge is 2.30. The average Bonchev–Trinajstić information content (AvgIpc) is 2.43. The fraction of sp³-hybridized carbons (Fsp3) is 0.778. The van der Waals surface area contributed by atoms with Gasteiger partial charge in [-0.15, -0.1) is 0 Å². The van der Waals surface area contributed by atoms with E-state index >= 15 is 0 Å². The van der Waals surface area contributed by atoms with Crippen LogP contribution in [0.1, 0.15) is 19.8 Å². The molecule has 0 saturated carbocycles. The quantitative estimate of drug-likeness (QED) is 0.731. The molecule has 0 spiro atoms. The van der Waals surface area contributed by atoms with Crippen molar-refractivity contribution in [2.24, 2.45) is 4.99 Å². The third-order valence-electron chi connectivity index (χ3n) is 2.53. The number of rotatable bonds is 1. The van der Waals surface area contributed by atoms with Gasteiger partial charge in [0.05, 0.1) is 17.5 Å². The molecule has 0 radical (unpaired) electrons. The largest absolute Gasteiger partial charge is 0.305 e. The van der Waals surface area contributed by atoms with Crippen LogP contribution in [0.5, 0.6) is 0 Å². The molecule has 1 saturated heterocycles. The van der Waals surface area contributed by atoms with Crippen LogP contribution in [0, 0.1) is 0 Å². The minimum atomic E-state index is -2.86. The van der Waals surface area contributed by atoms with E-state index in [1.807, 2.05) is 6.92 Å². The van der Waals surface area contributed by atoms with Crippen molar-refractivity contribution < 1.29 is 13.2 Å². The number of hydrogen-bond donors (Lipinski definition) is 1. The fourth-order valence-electron chi connectivity index (χ4n) is 1.79. The van der Waals surface area contributed by atoms with E-state index in [2.05, 4.69) is 10.3 Å². The molecule has 1 fully saturated rings. The Morgan fingerprint density at radius 1 is 1.50 bits per heavy atom. The topological polar surface area (TPSA) is 75.6 Å². The molecule has 0 aliphatic carbocycles. The van der Waals surface area contributed by atoms with Gasteiger partial charge < -0.3 is 5.32 Å². The van der Waals surface area contributed by atoms with Crippen LogP contribution in [0.4, 0.5) is 0 Å². The van der Waals surface area contributed by atoms with Gasteiger partial charge in [0.1, 0.15) is 0 Å². The summed E-state index contributed by atoms with van der Waals surface area (Å²) in [5.41, 5.74) is 0. The van der Waals surface area contributed by atoms with Crippen LogP contribution in [-0.4, -0.2) is 42.3 Å². The molecule has 1 amide bonds. The summed E-state index contributed by atoms with van der Waals surface area (Å²) in [5, 5.41) is 3.29. The van der Waals surface area contributed by atoms with Crippen LogP contribution >= 0.6 is 11.8 Å². The first-order valence-electron chi connectivity index (χ1n) is 5.19. The van der Waals surface area contributed by atoms with Crippen molar-refractivity contribution in [2.45, 2.75) is 31.1 Å². The smallest absolute Gasteiger partial charge is 0.228 e. The molecule has 0 aromatic heterocycles. The summed E-state index contributed by atoms with van der Waals surface area (Å²) in [4.78, 5) is 15.6. The molecule has 2 aliphatic rings. The maximum absolute atomic E-state index is 11.3. The number of amidine groups is 1. The molecule has 90 valence electrons. The van der Waals surface area contributed by atoms with Crippen LogP contribution < -0.4 is 5.32 Å². The number of amides is 1. The maximum atomic E-state index is 11.3. The molecule has 5 nitrogen and oxygen atoms in total. The number of aliphatic imine (C=N–C) groups is 1. The van der Waals surface area contributed by atoms with Gasteiger partial charge in [0.2, 0.25) is 5.91 Å². The van der Waals surface area contributed by atoms with Gasteiger partial charge in [-0.2, -0.15) is 0 Å². The second-order valence-corrected chi connectivity index (χ2v) is 7.70. The summed E-state index contributed by atoms with van der Waals surface area (Å²) in [6, 6.07) is -0.00531. The predicted molar refractivity (Wildman–Crippen MR) is 64.3 cm³/mol. The maximum Gasteiger partial charge on any atom is 0.228 e. The highest BCUT2D eigenvalue weighted by molar-refractivity contribution is 8.15. The van der Waals surface area contributed by atoms with Gasteiger partial charge in [-0.3, -0.25) is 9.79 Å². The number of thioether (sulfide) groups is 1. The molecule has 1 N–H and O–H groups in total. The van der Waals surface area contributed by atoms with Gasteiger partial charge in [-0.25, -0.2) is 8.42 Å². The van der Waals surface area contributed by atoms with E-state index in [0.717, 1.165) is 0 Å². The summed E-state index contributed by atoms with van der Waals surface area (Å²) in [6.07, 6.45) is 1.06. The van der Waals surface area contributed by atoms with Gasteiger partial charge in [0.25, 0.3) is 0 Å². The summed E-state index contributed by atoms with van der Waals surface area (Å²) in [6.45, 7) is 1.88. The lowest BCUT2D eigenvalue weighted by atomic mass is 10.2. The Bertz CT molecular complexity index is 430. The van der Waals surface area contributed by atoms with Crippen LogP contribution in [0.25, 0.3) is 0 Å². The molecular weight excluding hydrogens is 248 g/mol. The monoisotopic (exact) mass is 262 g/mol. The molecule has 2 heterocycles. The minimum absolute atomic E-state index is 0.00531. The normalized spacial score (nSPS) is 33.3. The van der Waals surface area contributed by atoms with E-state index in [1.54, 1.807) is 0 Å². The van der Waals surface area contributed by atoms with Gasteiger partial charge >= 0.3 is 0 Å². The summed E-state index contributed by atoms with van der Waals surface area (Å²) >= 11 is 1.38. The fourth-order valence-corrected chi connectivity index (χ4v) is 5.34. The zero-order valence-corrected chi connectivity index (χ0v) is 10.6. The summed E-state index contributed by atoms with van der Waals surface area (Å²) in [7, 11) is -2.86. The van der Waals surface area contributed by atoms with Gasteiger partial charge in [0.15, 0.2) is 15.0 Å². The number of nitrogens with zero attached hydrogens (tertiary/aromatic N) is 1. The number of nitrogens with one attached hydrogen (secondary N) is 1. The minimum Gasteiger partial charge on any atom is -0.305 e. The highest BCUT2D eigenvalue weighted by Crippen LogP contribution is 2.26. The molecule has 2 aliphatic heterocycles. The zero-order valence-electron chi connectivity index (χ0n) is 8.97. The molecule has 2 atom stereocenters. The van der Waals surface area contributed by atoms with E-state index in [9.17, 15) is 13.2 Å². The highest BCUT2D eigenvalue weighted by atomic mass is 32.2. The van der Waals surface area contributed by atoms with Gasteiger partial charge in [0, 0.05) is 11.7 Å². The van der Waals surface area contributed by atoms with E-state index in [4.69, 9.17) is 0 Å². The number of sulfone groups is 1. The first-order chi connectivity index (χ1) is 7.44. The van der Waals surface area contributed by atoms with Crippen LogP contribution in [-0.2, 0) is 14.6 Å². The standard InChI is InChI=1S/C9H14N2O3S2/c1-6-4-8(12)11-9(10-6)15-7-2-3-16(13,14)5-7/h6-7H,2-5H2,1H3,(H,10,11,12)/t6-,7-/m1/s1. The van der Waals surface area contributed by atoms with Crippen molar-refractivity contribution in [3.05, 3.63) is 0 Å². The van der Waals surface area contributed by atoms with E-state index in [1.165, 1.54) is 11.8 Å². The lowest BCUT2D eigenvalue weighted by Gasteiger charge is -2.19. The van der Waals surface area contributed by atoms with Crippen molar-refractivity contribution in [3.8, 4) is 0 Å². The van der Waals surface area contributed by atoms with Gasteiger partial charge in [-0.1, -0.05) is 11.8 Å². The Balaban J connectivity index is 1.98. The lowest BCUT2D eigenvalue weighted by molar-refractivity contribution is -0.120. The van der Waals surface area contributed by atoms with E-state index in [-0.39, 0.29) is 28.7 Å². The average molecular weight is 262 g/mol. The van der Waals surface area contributed by atoms with Crippen molar-refractivity contribution >= 4 is 32.7 Å². The van der Waals surface area contributed by atoms with Crippen LogP contribution in [0.2, 0.25) is 0 Å². The van der Waals surface area contributed by atoms with E-state index < -0.39 is 9.84 Å². The Hall–Kier alpha value is -0.560. The predicted octanol–water partition coefficient (Wildman–Crippen LogP) is 0.171. The second-order valence-electron chi connectivity index (χ2n) is 4.18. The summed E-state index contributed by atoms with van der Waals surface area (Å²) in [5.74, 6) is 0.411. The Labute approximate surface area is 99.0 Å². The number of hydrogen-bond acceptors (Lipinski definition) is 5. The molecule has 7 heteroatoms. The molecule has 0 bridgehead atoms. The second kappa shape index (κ2) is 4.37. The first kappa shape index (κ1) is 11.9. The molecule has 0 aromatic rings. The molecule has 16 heavy (non-hydrogen) atoms. The molecule has 0 aromatic carbocycles. The number of carbonyl (C=O) groups excluding carboxylic acids is 1. The van der Waals surface area contributed by atoms with Crippen molar-refractivity contribution in [2.75, 3.05) is 11.5 Å². The molecular formula is C9H14N2O3S2. The van der Waals surface area contributed by atoms with Gasteiger partial charge in [-0.05, 0) is 13.3 Å². The van der Waals surface area contributed by atoms with Crippen molar-refractivity contribution in [3.63, 3.8) is 0 Å². The Kier molecular flexibility index (Phi) is 3.25. The zero-order chi connectivity index (χ0) is 11.8. The van der Waals surface area contributed by atoms with E-state index in [0.29, 0.717) is 18.0 Å². The molecule has 2 rings (SSSR count). The third-order valence-corrected chi connectivity index (χ3v) is 5.68. The van der Waals surface area contributed by atoms with Crippen molar-refractivity contribution in [1.29, 1.82) is 0 Å². The Morgan fingerprint density at radius 3 is 2.81 bits per heavy atom. The SMILES string of the molecule is C[C@@H]1CC(=O)NC(S[C@@H]2CCS(=O)(=O)C2)=N1. The lowest BCUT2D eigenvalue weighted by Crippen LogP contribution is -2.36. The first-order valence-corrected chi connectivity index (χ1v) is 7.89. The van der Waals surface area contributed by atoms with Crippen molar-refractivity contribution in [1.82, 2.24) is 5.32 Å². The third kappa shape index (κ3) is 2.98. The summed E-state index contributed by atoms with van der Waals surface area (Å²) < 4.78 is 22.5. The van der Waals surface area contributed by atoms with Crippen LogP contribution in [0.3, 0.4) is 0 Å². The van der Waals surface area contributed by atoms with Crippen LogP contribution in [0.15, 0.2) is 4.99 Å². The Morgan fingerprint density at radius 2 is 2.25 bits per heavy atom.